The lowest BCUT2D eigenvalue weighted by Gasteiger charge is -2.39. The van der Waals surface area contributed by atoms with Gasteiger partial charge in [0, 0.05) is 17.6 Å². The number of carbonyl (C=O) groups excluding carboxylic acids is 1. The van der Waals surface area contributed by atoms with Crippen LogP contribution in [0, 0.1) is 11.3 Å². The van der Waals surface area contributed by atoms with E-state index in [4.69, 9.17) is 28.0 Å². The normalized spacial score (nSPS) is 18.2. The summed E-state index contributed by atoms with van der Waals surface area (Å²) >= 11 is 0. The fourth-order valence-corrected chi connectivity index (χ4v) is 9.72. The molecule has 5 atom stereocenters. The van der Waals surface area contributed by atoms with Crippen LogP contribution in [0.25, 0.3) is 11.2 Å². The first kappa shape index (κ1) is 45.4. The standard InChI is InChI=1S/C48H52FN6O7P/c1-32(2)55(33(3)4)63(60-27-13-26-50)62-45-42(61-47(43(45)49)54-31-53-44-40(51-30-52-46(44)54)28-41(56)34-14-9-7-10-15-34)29-59-48(35-16-11-8-12-17-35,36-18-22-38(57-5)23-19-36)37-20-24-39(58-6)25-21-37/h7-12,14-25,30-33,42-43,45,47H,13,27-29H2,1-6H3/t42-,43+,45-,47-,63?/m1/s1. The van der Waals surface area contributed by atoms with Crippen molar-refractivity contribution in [2.45, 2.75) is 82.8 Å². The number of hydrogen-bond acceptors (Lipinski definition) is 12. The van der Waals surface area contributed by atoms with Gasteiger partial charge >= 0.3 is 0 Å². The zero-order valence-corrected chi connectivity index (χ0v) is 37.1. The third-order valence-corrected chi connectivity index (χ3v) is 13.0. The predicted molar refractivity (Wildman–Crippen MR) is 237 cm³/mol. The second kappa shape index (κ2) is 20.7. The van der Waals surface area contributed by atoms with Crippen LogP contribution in [0.4, 0.5) is 4.39 Å². The maximum Gasteiger partial charge on any atom is 0.259 e. The number of halogens is 1. The van der Waals surface area contributed by atoms with E-state index in [1.165, 1.54) is 17.2 Å². The summed E-state index contributed by atoms with van der Waals surface area (Å²) in [6.45, 7) is 8.00. The molecule has 1 aliphatic rings. The quantitative estimate of drug-likeness (QED) is 0.0312. The van der Waals surface area contributed by atoms with Crippen molar-refractivity contribution in [3.05, 3.63) is 150 Å². The summed E-state index contributed by atoms with van der Waals surface area (Å²) in [6.07, 6.45) is -2.44. The Morgan fingerprint density at radius 1 is 0.857 bits per heavy atom. The minimum atomic E-state index is -1.92. The molecular weight excluding hydrogens is 823 g/mol. The van der Waals surface area contributed by atoms with Crippen LogP contribution in [0.5, 0.6) is 11.5 Å². The Bertz CT molecular complexity index is 2400. The molecule has 3 heterocycles. The number of methoxy groups -OCH3 is 2. The van der Waals surface area contributed by atoms with E-state index in [1.807, 2.05) is 117 Å². The molecule has 0 spiro atoms. The van der Waals surface area contributed by atoms with Crippen LogP contribution >= 0.6 is 8.53 Å². The van der Waals surface area contributed by atoms with Crippen molar-refractivity contribution < 1.29 is 37.2 Å². The Morgan fingerprint density at radius 2 is 1.44 bits per heavy atom. The molecule has 0 bridgehead atoms. The number of alkyl halides is 1. The van der Waals surface area contributed by atoms with Gasteiger partial charge in [0.15, 0.2) is 23.8 Å². The molecule has 1 aliphatic heterocycles. The molecule has 0 amide bonds. The molecule has 13 nitrogen and oxygen atoms in total. The van der Waals surface area contributed by atoms with E-state index in [1.54, 1.807) is 38.5 Å². The molecular formula is C48H52FN6O7P. The van der Waals surface area contributed by atoms with E-state index >= 15 is 4.39 Å². The van der Waals surface area contributed by atoms with Gasteiger partial charge in [0.05, 0.1) is 58.4 Å². The molecule has 7 rings (SSSR count). The average Bonchev–Trinajstić information content (AvgIpc) is 3.87. The molecule has 15 heteroatoms. The maximum atomic E-state index is 17.7. The zero-order valence-electron chi connectivity index (χ0n) is 36.2. The minimum absolute atomic E-state index is 0.0321. The fourth-order valence-electron chi connectivity index (χ4n) is 7.95. The molecule has 1 unspecified atom stereocenters. The van der Waals surface area contributed by atoms with Crippen LogP contribution in [0.15, 0.2) is 122 Å². The largest absolute Gasteiger partial charge is 0.497 e. The van der Waals surface area contributed by atoms with Crippen molar-refractivity contribution in [3.8, 4) is 17.6 Å². The highest BCUT2D eigenvalue weighted by atomic mass is 31.2. The SMILES string of the molecule is COc1ccc(C(OC[C@H]2O[C@@H](n3cnc4c(CC(=O)c5ccccc5)ncnc43)[C@@H](F)[C@@H]2OP(OCCC#N)N(C(C)C)C(C)C)(c2ccccc2)c2ccc(OC)cc2)cc1. The van der Waals surface area contributed by atoms with Crippen molar-refractivity contribution in [1.29, 1.82) is 5.26 Å². The van der Waals surface area contributed by atoms with Crippen molar-refractivity contribution in [2.75, 3.05) is 27.4 Å². The van der Waals surface area contributed by atoms with Crippen LogP contribution in [0.2, 0.25) is 0 Å². The van der Waals surface area contributed by atoms with Gasteiger partial charge in [-0.2, -0.15) is 5.26 Å². The first-order chi connectivity index (χ1) is 30.6. The zero-order chi connectivity index (χ0) is 44.5. The van der Waals surface area contributed by atoms with Crippen molar-refractivity contribution in [3.63, 3.8) is 0 Å². The number of rotatable bonds is 20. The van der Waals surface area contributed by atoms with E-state index < -0.39 is 38.7 Å². The molecule has 1 saturated heterocycles. The summed E-state index contributed by atoms with van der Waals surface area (Å²) in [7, 11) is 1.30. The smallest absolute Gasteiger partial charge is 0.259 e. The monoisotopic (exact) mass is 874 g/mol. The highest BCUT2D eigenvalue weighted by Gasteiger charge is 2.51. The third kappa shape index (κ3) is 9.80. The summed E-state index contributed by atoms with van der Waals surface area (Å²) in [5, 5.41) is 9.42. The second-order valence-corrected chi connectivity index (χ2v) is 17.0. The van der Waals surface area contributed by atoms with Crippen molar-refractivity contribution in [2.24, 2.45) is 0 Å². The first-order valence-corrected chi connectivity index (χ1v) is 22.0. The minimum Gasteiger partial charge on any atom is -0.497 e. The van der Waals surface area contributed by atoms with Crippen LogP contribution in [-0.4, -0.2) is 87.9 Å². The summed E-state index contributed by atoms with van der Waals surface area (Å²) in [6, 6.07) is 36.0. The van der Waals surface area contributed by atoms with Gasteiger partial charge in [0.2, 0.25) is 0 Å². The average molecular weight is 875 g/mol. The molecule has 6 aromatic rings. The Hall–Kier alpha value is -5.65. The third-order valence-electron chi connectivity index (χ3n) is 10.9. The lowest BCUT2D eigenvalue weighted by Crippen LogP contribution is -2.41. The molecule has 0 radical (unpaired) electrons. The van der Waals surface area contributed by atoms with Gasteiger partial charge in [0.25, 0.3) is 8.53 Å². The number of benzene rings is 4. The molecule has 0 saturated carbocycles. The van der Waals surface area contributed by atoms with E-state index in [-0.39, 0.29) is 43.9 Å². The number of ether oxygens (including phenoxy) is 4. The molecule has 0 N–H and O–H groups in total. The number of nitriles is 1. The van der Waals surface area contributed by atoms with Gasteiger partial charge in [-0.15, -0.1) is 0 Å². The summed E-state index contributed by atoms with van der Waals surface area (Å²) < 4.78 is 59.5. The fraction of sp³-hybridized carbons (Fsp3) is 0.354. The molecule has 2 aromatic heterocycles. The van der Waals surface area contributed by atoms with E-state index in [0.717, 1.165) is 16.7 Å². The number of nitrogens with zero attached hydrogens (tertiary/aromatic N) is 6. The summed E-state index contributed by atoms with van der Waals surface area (Å²) in [4.78, 5) is 26.8. The van der Waals surface area contributed by atoms with Gasteiger partial charge in [-0.05, 0) is 68.7 Å². The van der Waals surface area contributed by atoms with Gasteiger partial charge in [-0.25, -0.2) is 24.0 Å². The van der Waals surface area contributed by atoms with E-state index in [0.29, 0.717) is 33.9 Å². The number of hydrogen-bond donors (Lipinski definition) is 0. The summed E-state index contributed by atoms with van der Waals surface area (Å²) in [5.74, 6) is 1.19. The lowest BCUT2D eigenvalue weighted by atomic mass is 9.80. The highest BCUT2D eigenvalue weighted by Crippen LogP contribution is 2.51. The lowest BCUT2D eigenvalue weighted by molar-refractivity contribution is -0.0919. The molecule has 0 aliphatic carbocycles. The Labute approximate surface area is 368 Å². The second-order valence-electron chi connectivity index (χ2n) is 15.6. The van der Waals surface area contributed by atoms with Crippen LogP contribution in [0.1, 0.15) is 73.1 Å². The van der Waals surface area contributed by atoms with Crippen molar-refractivity contribution in [1.82, 2.24) is 24.2 Å². The molecule has 4 aromatic carbocycles. The Kier molecular flexibility index (Phi) is 14.9. The van der Waals surface area contributed by atoms with Gasteiger partial charge in [0.1, 0.15) is 41.2 Å². The number of aromatic nitrogens is 4. The van der Waals surface area contributed by atoms with Crippen LogP contribution < -0.4 is 9.47 Å². The molecule has 63 heavy (non-hydrogen) atoms. The molecule has 328 valence electrons. The van der Waals surface area contributed by atoms with E-state index in [2.05, 4.69) is 21.0 Å². The van der Waals surface area contributed by atoms with E-state index in [9.17, 15) is 10.1 Å². The topological polar surface area (TPSA) is 143 Å². The molecule has 1 fully saturated rings. The number of ketones is 1. The number of fused-ring (bicyclic) bond motifs is 1. The highest BCUT2D eigenvalue weighted by molar-refractivity contribution is 7.44. The van der Waals surface area contributed by atoms with Gasteiger partial charge < -0.3 is 28.0 Å². The first-order valence-electron chi connectivity index (χ1n) is 20.9. The van der Waals surface area contributed by atoms with Gasteiger partial charge in [-0.1, -0.05) is 84.9 Å². The van der Waals surface area contributed by atoms with Crippen LogP contribution in [-0.2, 0) is 30.5 Å². The number of imidazole rings is 1. The number of carbonyl (C=O) groups is 1. The Balaban J connectivity index is 1.31. The predicted octanol–water partition coefficient (Wildman–Crippen LogP) is 9.17. The van der Waals surface area contributed by atoms with Crippen molar-refractivity contribution >= 4 is 25.5 Å². The number of Topliss-reactive ketones (excluding diaryl/α,β-unsaturated/α-hetero) is 1. The maximum absolute atomic E-state index is 17.7. The van der Waals surface area contributed by atoms with Crippen LogP contribution in [0.3, 0.4) is 0 Å². The van der Waals surface area contributed by atoms with Gasteiger partial charge in [-0.3, -0.25) is 9.36 Å². The Morgan fingerprint density at radius 3 is 2.02 bits per heavy atom. The summed E-state index contributed by atoms with van der Waals surface area (Å²) in [5.41, 5.74) is 2.72.